The Bertz CT molecular complexity index is 747. The molecule has 0 radical (unpaired) electrons. The van der Waals surface area contributed by atoms with Crippen LogP contribution in [0.3, 0.4) is 0 Å². The van der Waals surface area contributed by atoms with Crippen molar-refractivity contribution in [3.05, 3.63) is 59.6 Å². The van der Waals surface area contributed by atoms with Crippen molar-refractivity contribution in [2.45, 2.75) is 6.42 Å². The third kappa shape index (κ3) is 2.61. The van der Waals surface area contributed by atoms with Gasteiger partial charge in [0.25, 0.3) is 0 Å². The molecule has 0 spiro atoms. The third-order valence-electron chi connectivity index (χ3n) is 3.28. The van der Waals surface area contributed by atoms with Gasteiger partial charge in [-0.05, 0) is 48.6 Å². The predicted octanol–water partition coefficient (Wildman–Crippen LogP) is 3.39. The Morgan fingerprint density at radius 3 is 1.86 bits per heavy atom. The predicted molar refractivity (Wildman–Crippen MR) is 90.1 cm³/mol. The molecule has 0 aliphatic carbocycles. The number of carbonyl (C=O) groups is 2. The van der Waals surface area contributed by atoms with Crippen LogP contribution in [-0.2, 0) is 9.59 Å². The van der Waals surface area contributed by atoms with Crippen molar-refractivity contribution in [1.82, 2.24) is 0 Å². The molecule has 1 fully saturated rings. The third-order valence-corrected chi connectivity index (χ3v) is 3.90. The summed E-state index contributed by atoms with van der Waals surface area (Å²) in [7, 11) is 0. The van der Waals surface area contributed by atoms with E-state index < -0.39 is 0 Å². The molecule has 3 rings (SSSR count). The molecule has 0 N–H and O–H groups in total. The molecule has 22 heavy (non-hydrogen) atoms. The lowest BCUT2D eigenvalue weighted by atomic mass is 10.2. The molecule has 1 saturated heterocycles. The molecule has 2 amide bonds. The fraction of sp³-hybridized carbons (Fsp3) is 0.0625. The van der Waals surface area contributed by atoms with E-state index in [-0.39, 0.29) is 23.3 Å². The monoisotopic (exact) mass is 330 g/mol. The van der Waals surface area contributed by atoms with Crippen LogP contribution in [0, 0.1) is 0 Å². The van der Waals surface area contributed by atoms with Crippen LogP contribution in [-0.4, -0.2) is 16.9 Å². The van der Waals surface area contributed by atoms with Crippen LogP contribution < -0.4 is 9.80 Å². The minimum absolute atomic E-state index is 0.148. The minimum Gasteiger partial charge on any atom is -0.273 e. The summed E-state index contributed by atoms with van der Waals surface area (Å²) in [6.07, 6.45) is -0.225. The Morgan fingerprint density at radius 1 is 0.818 bits per heavy atom. The Morgan fingerprint density at radius 2 is 1.32 bits per heavy atom. The van der Waals surface area contributed by atoms with Gasteiger partial charge in [0, 0.05) is 5.02 Å². The number of thiocarbonyl (C=S) groups is 1. The molecule has 2 aromatic rings. The van der Waals surface area contributed by atoms with Gasteiger partial charge in [-0.1, -0.05) is 29.8 Å². The van der Waals surface area contributed by atoms with E-state index in [1.807, 2.05) is 18.2 Å². The first-order valence-electron chi connectivity index (χ1n) is 6.58. The molecule has 0 unspecified atom stereocenters. The molecule has 1 heterocycles. The summed E-state index contributed by atoms with van der Waals surface area (Å²) in [5, 5.41) is 0.713. The summed E-state index contributed by atoms with van der Waals surface area (Å²) in [5.41, 5.74) is 1.23. The van der Waals surface area contributed by atoms with E-state index in [2.05, 4.69) is 0 Å². The second-order valence-electron chi connectivity index (χ2n) is 4.73. The summed E-state index contributed by atoms with van der Waals surface area (Å²) in [5.74, 6) is -0.670. The molecule has 0 aromatic heterocycles. The van der Waals surface area contributed by atoms with E-state index in [0.717, 1.165) is 0 Å². The average Bonchev–Trinajstić information content (AvgIpc) is 2.50. The van der Waals surface area contributed by atoms with Gasteiger partial charge in [-0.3, -0.25) is 19.4 Å². The maximum Gasteiger partial charge on any atom is 0.242 e. The number of halogens is 1. The zero-order valence-corrected chi connectivity index (χ0v) is 13.0. The van der Waals surface area contributed by atoms with Crippen molar-refractivity contribution >= 4 is 52.1 Å². The SMILES string of the molecule is O=C1CC(=O)N(c2ccc(Cl)cc2)C(=S)N1c1ccccc1. The van der Waals surface area contributed by atoms with Crippen molar-refractivity contribution < 1.29 is 9.59 Å². The van der Waals surface area contributed by atoms with Gasteiger partial charge < -0.3 is 0 Å². The highest BCUT2D eigenvalue weighted by Crippen LogP contribution is 2.27. The fourth-order valence-electron chi connectivity index (χ4n) is 2.28. The molecule has 4 nitrogen and oxygen atoms in total. The first-order valence-corrected chi connectivity index (χ1v) is 7.37. The number of amides is 2. The number of carbonyl (C=O) groups excluding carboxylic acids is 2. The highest BCUT2D eigenvalue weighted by molar-refractivity contribution is 7.81. The molecule has 0 bridgehead atoms. The highest BCUT2D eigenvalue weighted by Gasteiger charge is 2.36. The Balaban J connectivity index is 2.01. The van der Waals surface area contributed by atoms with Crippen molar-refractivity contribution in [2.75, 3.05) is 9.80 Å². The number of hydrogen-bond acceptors (Lipinski definition) is 3. The Labute approximate surface area is 137 Å². The molecule has 0 atom stereocenters. The standard InChI is InChI=1S/C16H11ClN2O2S/c17-11-6-8-13(9-7-11)19-15(21)10-14(20)18(16(19)22)12-4-2-1-3-5-12/h1-9H,10H2. The van der Waals surface area contributed by atoms with Crippen LogP contribution in [0.2, 0.25) is 5.02 Å². The summed E-state index contributed by atoms with van der Waals surface area (Å²) in [6, 6.07) is 15.8. The number of nitrogens with zero attached hydrogens (tertiary/aromatic N) is 2. The molecular formula is C16H11ClN2O2S. The van der Waals surface area contributed by atoms with Crippen LogP contribution in [0.25, 0.3) is 0 Å². The van der Waals surface area contributed by atoms with Crippen LogP contribution in [0.5, 0.6) is 0 Å². The van der Waals surface area contributed by atoms with E-state index >= 15 is 0 Å². The average molecular weight is 331 g/mol. The first kappa shape index (κ1) is 14.7. The minimum atomic E-state index is -0.343. The normalized spacial score (nSPS) is 15.4. The number of rotatable bonds is 2. The first-order chi connectivity index (χ1) is 10.6. The van der Waals surface area contributed by atoms with Gasteiger partial charge in [-0.15, -0.1) is 0 Å². The molecule has 1 aliphatic heterocycles. The molecule has 1 aliphatic rings. The van der Waals surface area contributed by atoms with Gasteiger partial charge in [0.1, 0.15) is 6.42 Å². The van der Waals surface area contributed by atoms with E-state index in [9.17, 15) is 9.59 Å². The molecular weight excluding hydrogens is 320 g/mol. The van der Waals surface area contributed by atoms with Gasteiger partial charge in [0.15, 0.2) is 5.11 Å². The summed E-state index contributed by atoms with van der Waals surface area (Å²) in [4.78, 5) is 27.2. The van der Waals surface area contributed by atoms with E-state index in [4.69, 9.17) is 23.8 Å². The zero-order valence-electron chi connectivity index (χ0n) is 11.4. The van der Waals surface area contributed by atoms with Gasteiger partial charge in [0.05, 0.1) is 11.4 Å². The van der Waals surface area contributed by atoms with Crippen LogP contribution in [0.15, 0.2) is 54.6 Å². The second kappa shape index (κ2) is 5.87. The molecule has 0 saturated carbocycles. The van der Waals surface area contributed by atoms with Crippen LogP contribution in [0.1, 0.15) is 6.42 Å². The number of anilines is 2. The quantitative estimate of drug-likeness (QED) is 0.626. The Kier molecular flexibility index (Phi) is 3.92. The smallest absolute Gasteiger partial charge is 0.242 e. The van der Waals surface area contributed by atoms with Crippen molar-refractivity contribution in [3.8, 4) is 0 Å². The lowest BCUT2D eigenvalue weighted by Crippen LogP contribution is -2.55. The number of para-hydroxylation sites is 1. The van der Waals surface area contributed by atoms with Crippen LogP contribution in [0.4, 0.5) is 11.4 Å². The van der Waals surface area contributed by atoms with E-state index in [1.165, 1.54) is 9.80 Å². The van der Waals surface area contributed by atoms with E-state index in [0.29, 0.717) is 16.4 Å². The number of hydrogen-bond donors (Lipinski definition) is 0. The summed E-state index contributed by atoms with van der Waals surface area (Å²) < 4.78 is 0. The number of benzene rings is 2. The van der Waals surface area contributed by atoms with Gasteiger partial charge in [-0.25, -0.2) is 0 Å². The topological polar surface area (TPSA) is 40.6 Å². The van der Waals surface area contributed by atoms with Gasteiger partial charge in [-0.2, -0.15) is 0 Å². The fourth-order valence-corrected chi connectivity index (χ4v) is 2.82. The van der Waals surface area contributed by atoms with Crippen molar-refractivity contribution in [2.24, 2.45) is 0 Å². The lowest BCUT2D eigenvalue weighted by Gasteiger charge is -2.35. The summed E-state index contributed by atoms with van der Waals surface area (Å²) >= 11 is 11.2. The van der Waals surface area contributed by atoms with Crippen molar-refractivity contribution in [1.29, 1.82) is 0 Å². The zero-order chi connectivity index (χ0) is 15.7. The molecule has 2 aromatic carbocycles. The lowest BCUT2D eigenvalue weighted by molar-refractivity contribution is -0.126. The Hall–Kier alpha value is -2.24. The van der Waals surface area contributed by atoms with Crippen LogP contribution >= 0.6 is 23.8 Å². The largest absolute Gasteiger partial charge is 0.273 e. The maximum atomic E-state index is 12.2. The van der Waals surface area contributed by atoms with E-state index in [1.54, 1.807) is 36.4 Å². The summed E-state index contributed by atoms with van der Waals surface area (Å²) in [6.45, 7) is 0. The maximum absolute atomic E-state index is 12.2. The molecule has 6 heteroatoms. The molecule has 110 valence electrons. The van der Waals surface area contributed by atoms with Gasteiger partial charge in [0.2, 0.25) is 11.8 Å². The second-order valence-corrected chi connectivity index (χ2v) is 5.53. The van der Waals surface area contributed by atoms with Crippen molar-refractivity contribution in [3.63, 3.8) is 0 Å². The highest BCUT2D eigenvalue weighted by atomic mass is 35.5. The van der Waals surface area contributed by atoms with Gasteiger partial charge >= 0.3 is 0 Å².